The van der Waals surface area contributed by atoms with Gasteiger partial charge in [0.1, 0.15) is 5.56 Å². The Morgan fingerprint density at radius 1 is 1.29 bits per heavy atom. The summed E-state index contributed by atoms with van der Waals surface area (Å²) in [6.45, 7) is 1.92. The quantitative estimate of drug-likeness (QED) is 0.476. The summed E-state index contributed by atoms with van der Waals surface area (Å²) in [5.74, 6) is -0.489. The number of amides is 1. The predicted octanol–water partition coefficient (Wildman–Crippen LogP) is 3.30. The van der Waals surface area contributed by atoms with E-state index in [9.17, 15) is 20.0 Å². The molecule has 1 amide bonds. The number of aliphatic hydroxyl groups is 1. The van der Waals surface area contributed by atoms with Gasteiger partial charge < -0.3 is 10.4 Å². The van der Waals surface area contributed by atoms with Crippen LogP contribution >= 0.6 is 11.8 Å². The molecular formula is C17H18N2O4S. The van der Waals surface area contributed by atoms with Crippen LogP contribution in [0.3, 0.4) is 0 Å². The summed E-state index contributed by atoms with van der Waals surface area (Å²) >= 11 is 1.41. The van der Waals surface area contributed by atoms with E-state index in [1.807, 2.05) is 6.26 Å². The molecule has 0 aliphatic rings. The van der Waals surface area contributed by atoms with Crippen molar-refractivity contribution in [2.75, 3.05) is 6.26 Å². The second-order valence-electron chi connectivity index (χ2n) is 5.24. The number of thioether (sulfide) groups is 1. The number of nitrogens with one attached hydrogen (secondary N) is 1. The van der Waals surface area contributed by atoms with Gasteiger partial charge in [-0.05, 0) is 36.4 Å². The maximum absolute atomic E-state index is 12.3. The molecule has 0 radical (unpaired) electrons. The van der Waals surface area contributed by atoms with Gasteiger partial charge in [-0.2, -0.15) is 0 Å². The van der Waals surface area contributed by atoms with E-state index in [4.69, 9.17) is 0 Å². The molecule has 6 nitrogen and oxygen atoms in total. The smallest absolute Gasteiger partial charge is 0.282 e. The average Bonchev–Trinajstić information content (AvgIpc) is 2.59. The number of rotatable bonds is 6. The van der Waals surface area contributed by atoms with Gasteiger partial charge in [0, 0.05) is 17.5 Å². The van der Waals surface area contributed by atoms with Crippen molar-refractivity contribution < 1.29 is 14.8 Å². The average molecular weight is 346 g/mol. The van der Waals surface area contributed by atoms with Gasteiger partial charge in [-0.3, -0.25) is 14.9 Å². The minimum absolute atomic E-state index is 0.0486. The first-order valence-corrected chi connectivity index (χ1v) is 8.52. The van der Waals surface area contributed by atoms with E-state index < -0.39 is 16.9 Å². The van der Waals surface area contributed by atoms with Gasteiger partial charge in [-0.1, -0.05) is 24.3 Å². The number of aliphatic hydroxyl groups excluding tert-OH is 1. The monoisotopic (exact) mass is 346 g/mol. The molecule has 0 unspecified atom stereocenters. The predicted molar refractivity (Wildman–Crippen MR) is 93.1 cm³/mol. The molecule has 2 aromatic carbocycles. The van der Waals surface area contributed by atoms with E-state index in [2.05, 4.69) is 5.32 Å². The van der Waals surface area contributed by atoms with Crippen LogP contribution in [0.2, 0.25) is 0 Å². The van der Waals surface area contributed by atoms with E-state index in [-0.39, 0.29) is 17.8 Å². The van der Waals surface area contributed by atoms with Crippen LogP contribution in [-0.4, -0.2) is 22.2 Å². The fourth-order valence-electron chi connectivity index (χ4n) is 2.17. The molecule has 0 aromatic heterocycles. The number of nitro groups is 1. The third-order valence-electron chi connectivity index (χ3n) is 3.56. The Labute approximate surface area is 144 Å². The van der Waals surface area contributed by atoms with Gasteiger partial charge in [0.25, 0.3) is 11.6 Å². The Bertz CT molecular complexity index is 745. The normalized spacial score (nSPS) is 11.8. The van der Waals surface area contributed by atoms with Crippen molar-refractivity contribution in [3.8, 4) is 0 Å². The Morgan fingerprint density at radius 3 is 2.50 bits per heavy atom. The highest BCUT2D eigenvalue weighted by Crippen LogP contribution is 2.24. The number of nitrogens with zero attached hydrogens (tertiary/aromatic N) is 1. The highest BCUT2D eigenvalue weighted by atomic mass is 32.2. The van der Waals surface area contributed by atoms with Crippen molar-refractivity contribution in [3.05, 3.63) is 69.3 Å². The van der Waals surface area contributed by atoms with E-state index in [1.165, 1.54) is 23.9 Å². The van der Waals surface area contributed by atoms with E-state index >= 15 is 0 Å². The maximum atomic E-state index is 12.3. The van der Waals surface area contributed by atoms with Gasteiger partial charge in [-0.15, -0.1) is 11.8 Å². The lowest BCUT2D eigenvalue weighted by Crippen LogP contribution is -2.23. The van der Waals surface area contributed by atoms with Crippen LogP contribution in [0.1, 0.15) is 34.5 Å². The van der Waals surface area contributed by atoms with Crippen LogP contribution in [0.4, 0.5) is 5.69 Å². The first-order valence-electron chi connectivity index (χ1n) is 7.30. The van der Waals surface area contributed by atoms with Gasteiger partial charge in [0.15, 0.2) is 0 Å². The fraction of sp³-hybridized carbons (Fsp3) is 0.235. The summed E-state index contributed by atoms with van der Waals surface area (Å²) in [6.07, 6.45) is 1.29. The second-order valence-corrected chi connectivity index (χ2v) is 6.12. The molecule has 24 heavy (non-hydrogen) atoms. The molecule has 7 heteroatoms. The van der Waals surface area contributed by atoms with E-state index in [0.717, 1.165) is 16.0 Å². The number of hydrogen-bond donors (Lipinski definition) is 2. The molecule has 0 saturated heterocycles. The van der Waals surface area contributed by atoms with Crippen molar-refractivity contribution in [3.63, 3.8) is 0 Å². The van der Waals surface area contributed by atoms with E-state index in [0.29, 0.717) is 0 Å². The molecule has 0 bridgehead atoms. The molecule has 2 N–H and O–H groups in total. The van der Waals surface area contributed by atoms with Crippen LogP contribution in [0.25, 0.3) is 0 Å². The largest absolute Gasteiger partial charge is 0.389 e. The second kappa shape index (κ2) is 7.94. The summed E-state index contributed by atoms with van der Waals surface area (Å²) in [5, 5.41) is 23.3. The number of hydrogen-bond acceptors (Lipinski definition) is 5. The SMILES string of the molecule is CSc1ccc([N+](=O)[O-])c(C(=O)NCc2ccc([C@@H](C)O)cc2)c1. The fourth-order valence-corrected chi connectivity index (χ4v) is 2.61. The Kier molecular flexibility index (Phi) is 5.94. The molecular weight excluding hydrogens is 328 g/mol. The Morgan fingerprint density at radius 2 is 1.96 bits per heavy atom. The van der Waals surface area contributed by atoms with Crippen molar-refractivity contribution >= 4 is 23.4 Å². The van der Waals surface area contributed by atoms with Crippen molar-refractivity contribution in [2.45, 2.75) is 24.5 Å². The van der Waals surface area contributed by atoms with Crippen LogP contribution in [-0.2, 0) is 6.54 Å². The van der Waals surface area contributed by atoms with Crippen LogP contribution in [0.15, 0.2) is 47.4 Å². The molecule has 126 valence electrons. The van der Waals surface area contributed by atoms with Gasteiger partial charge in [0.2, 0.25) is 0 Å². The third-order valence-corrected chi connectivity index (χ3v) is 4.29. The zero-order valence-electron chi connectivity index (χ0n) is 13.4. The molecule has 0 aliphatic heterocycles. The zero-order chi connectivity index (χ0) is 17.7. The Hall–Kier alpha value is -2.38. The first-order chi connectivity index (χ1) is 11.4. The molecule has 1 atom stereocenters. The molecule has 0 aliphatic carbocycles. The van der Waals surface area contributed by atoms with Gasteiger partial charge in [0.05, 0.1) is 11.0 Å². The van der Waals surface area contributed by atoms with Crippen LogP contribution in [0.5, 0.6) is 0 Å². The first kappa shape index (κ1) is 18.0. The highest BCUT2D eigenvalue weighted by molar-refractivity contribution is 7.98. The number of nitro benzene ring substituents is 1. The third kappa shape index (κ3) is 4.33. The number of benzene rings is 2. The molecule has 0 heterocycles. The molecule has 2 rings (SSSR count). The van der Waals surface area contributed by atoms with Gasteiger partial charge in [-0.25, -0.2) is 0 Å². The van der Waals surface area contributed by atoms with Crippen LogP contribution < -0.4 is 5.32 Å². The summed E-state index contributed by atoms with van der Waals surface area (Å²) in [5.41, 5.74) is 1.46. The van der Waals surface area contributed by atoms with E-state index in [1.54, 1.807) is 37.3 Å². The minimum atomic E-state index is -0.559. The van der Waals surface area contributed by atoms with Gasteiger partial charge >= 0.3 is 0 Å². The standard InChI is InChI=1S/C17H18N2O4S/c1-11(20)13-5-3-12(4-6-13)10-18-17(21)15-9-14(24-2)7-8-16(15)19(22)23/h3-9,11,20H,10H2,1-2H3,(H,18,21)/t11-/m1/s1. The molecule has 0 saturated carbocycles. The van der Waals surface area contributed by atoms with Crippen LogP contribution in [0, 0.1) is 10.1 Å². The summed E-state index contributed by atoms with van der Waals surface area (Å²) in [4.78, 5) is 23.6. The molecule has 0 fully saturated rings. The number of carbonyl (C=O) groups excluding carboxylic acids is 1. The van der Waals surface area contributed by atoms with Crippen molar-refractivity contribution in [1.82, 2.24) is 5.32 Å². The Balaban J connectivity index is 2.13. The summed E-state index contributed by atoms with van der Waals surface area (Å²) < 4.78 is 0. The zero-order valence-corrected chi connectivity index (χ0v) is 14.2. The number of carbonyl (C=O) groups is 1. The highest BCUT2D eigenvalue weighted by Gasteiger charge is 2.20. The lowest BCUT2D eigenvalue weighted by atomic mass is 10.1. The summed E-state index contributed by atoms with van der Waals surface area (Å²) in [7, 11) is 0. The maximum Gasteiger partial charge on any atom is 0.282 e. The lowest BCUT2D eigenvalue weighted by Gasteiger charge is -2.09. The van der Waals surface area contributed by atoms with Crippen molar-refractivity contribution in [2.24, 2.45) is 0 Å². The minimum Gasteiger partial charge on any atom is -0.389 e. The topological polar surface area (TPSA) is 92.5 Å². The lowest BCUT2D eigenvalue weighted by molar-refractivity contribution is -0.385. The molecule has 2 aromatic rings. The molecule has 0 spiro atoms. The summed E-state index contributed by atoms with van der Waals surface area (Å²) in [6, 6.07) is 11.7. The van der Waals surface area contributed by atoms with Crippen molar-refractivity contribution in [1.29, 1.82) is 0 Å².